The minimum Gasteiger partial charge on any atom is -0.488 e. The molecule has 1 aromatic carbocycles. The van der Waals surface area contributed by atoms with Gasteiger partial charge in [-0.3, -0.25) is 0 Å². The first kappa shape index (κ1) is 24.8. The Labute approximate surface area is 206 Å². The van der Waals surface area contributed by atoms with Gasteiger partial charge in [0.2, 0.25) is 0 Å². The zero-order valence-electron chi connectivity index (χ0n) is 19.6. The molecule has 0 aliphatic heterocycles. The van der Waals surface area contributed by atoms with E-state index < -0.39 is 15.7 Å². The number of aromatic amines is 1. The third kappa shape index (κ3) is 5.51. The number of fused-ring (bicyclic) bond motifs is 1. The molecule has 186 valence electrons. The Morgan fingerprint density at radius 2 is 1.86 bits per heavy atom. The van der Waals surface area contributed by atoms with Crippen LogP contribution >= 0.6 is 0 Å². The highest BCUT2D eigenvalue weighted by Gasteiger charge is 2.18. The number of halogens is 1. The zero-order valence-corrected chi connectivity index (χ0v) is 20.4. The van der Waals surface area contributed by atoms with Gasteiger partial charge in [0, 0.05) is 19.4 Å². The van der Waals surface area contributed by atoms with E-state index in [2.05, 4.69) is 30.6 Å². The van der Waals surface area contributed by atoms with E-state index >= 15 is 0 Å². The van der Waals surface area contributed by atoms with E-state index in [1.807, 2.05) is 6.07 Å². The summed E-state index contributed by atoms with van der Waals surface area (Å²) < 4.78 is 48.7. The van der Waals surface area contributed by atoms with Crippen molar-refractivity contribution in [1.82, 2.24) is 19.9 Å². The van der Waals surface area contributed by atoms with Crippen molar-refractivity contribution in [3.05, 3.63) is 53.7 Å². The molecule has 0 atom stereocenters. The summed E-state index contributed by atoms with van der Waals surface area (Å²) in [5.41, 5.74) is 1.55. The van der Waals surface area contributed by atoms with Crippen LogP contribution in [0, 0.1) is 24.1 Å². The third-order valence-electron chi connectivity index (χ3n) is 4.95. The lowest BCUT2D eigenvalue weighted by molar-refractivity contribution is 0.146. The number of anilines is 4. The number of aromatic nitrogens is 4. The highest BCUT2D eigenvalue weighted by molar-refractivity contribution is 7.90. The number of benzene rings is 1. The quantitative estimate of drug-likeness (QED) is 0.284. The highest BCUT2D eigenvalue weighted by Crippen LogP contribution is 2.32. The average molecular weight is 512 g/mol. The van der Waals surface area contributed by atoms with E-state index in [0.29, 0.717) is 46.7 Å². The SMILES string of the molecule is COCCOc1ccc(Nc2cc(Nc3ccc(F)cc3S(C)(=O)=O)c3nc(C)[nH]c3n2)nc1C#N. The second kappa shape index (κ2) is 10.1. The van der Waals surface area contributed by atoms with Gasteiger partial charge in [0.15, 0.2) is 26.9 Å². The van der Waals surface area contributed by atoms with Crippen LogP contribution in [0.3, 0.4) is 0 Å². The molecule has 0 fully saturated rings. The van der Waals surface area contributed by atoms with E-state index in [1.54, 1.807) is 32.2 Å². The number of H-pyrrole nitrogens is 1. The van der Waals surface area contributed by atoms with Gasteiger partial charge in [-0.2, -0.15) is 5.26 Å². The number of nitriles is 1. The largest absolute Gasteiger partial charge is 0.488 e. The lowest BCUT2D eigenvalue weighted by Gasteiger charge is -2.13. The molecule has 3 heterocycles. The van der Waals surface area contributed by atoms with Crippen LogP contribution in [0.4, 0.5) is 27.4 Å². The summed E-state index contributed by atoms with van der Waals surface area (Å²) in [6.07, 6.45) is 1.00. The predicted molar refractivity (Wildman–Crippen MR) is 131 cm³/mol. The Balaban J connectivity index is 1.70. The first-order valence-corrected chi connectivity index (χ1v) is 12.5. The summed E-state index contributed by atoms with van der Waals surface area (Å²) in [6.45, 7) is 2.38. The van der Waals surface area contributed by atoms with E-state index in [9.17, 15) is 18.1 Å². The van der Waals surface area contributed by atoms with Gasteiger partial charge in [0.05, 0.1) is 22.9 Å². The van der Waals surface area contributed by atoms with E-state index in [0.717, 1.165) is 18.4 Å². The molecule has 0 radical (unpaired) electrons. The summed E-state index contributed by atoms with van der Waals surface area (Å²) in [5.74, 6) is 0.898. The third-order valence-corrected chi connectivity index (χ3v) is 6.09. The fourth-order valence-corrected chi connectivity index (χ4v) is 4.24. The normalized spacial score (nSPS) is 11.3. The molecule has 4 aromatic rings. The number of hydrogen-bond acceptors (Lipinski definition) is 10. The van der Waals surface area contributed by atoms with E-state index in [1.165, 1.54) is 6.07 Å². The van der Waals surface area contributed by atoms with Gasteiger partial charge in [0.1, 0.15) is 41.5 Å². The summed E-state index contributed by atoms with van der Waals surface area (Å²) in [6, 6.07) is 10.3. The molecule has 0 spiro atoms. The molecule has 36 heavy (non-hydrogen) atoms. The van der Waals surface area contributed by atoms with Crippen LogP contribution in [0.1, 0.15) is 11.5 Å². The van der Waals surface area contributed by atoms with Gasteiger partial charge in [-0.25, -0.2) is 27.8 Å². The fraction of sp³-hybridized carbons (Fsp3) is 0.217. The van der Waals surface area contributed by atoms with Crippen molar-refractivity contribution in [1.29, 1.82) is 5.26 Å². The van der Waals surface area contributed by atoms with Crippen LogP contribution in [0.15, 0.2) is 41.3 Å². The first-order valence-electron chi connectivity index (χ1n) is 10.6. The summed E-state index contributed by atoms with van der Waals surface area (Å²) in [4.78, 5) is 16.0. The monoisotopic (exact) mass is 511 g/mol. The predicted octanol–water partition coefficient (Wildman–Crippen LogP) is 3.59. The summed E-state index contributed by atoms with van der Waals surface area (Å²) in [5, 5.41) is 15.5. The Kier molecular flexibility index (Phi) is 7.00. The lowest BCUT2D eigenvalue weighted by atomic mass is 10.2. The molecule has 0 unspecified atom stereocenters. The number of sulfone groups is 1. The van der Waals surface area contributed by atoms with E-state index in [-0.39, 0.29) is 22.9 Å². The van der Waals surface area contributed by atoms with Crippen LogP contribution in [-0.4, -0.2) is 54.9 Å². The number of nitrogens with one attached hydrogen (secondary N) is 3. The molecule has 11 nitrogen and oxygen atoms in total. The Bertz CT molecular complexity index is 1580. The van der Waals surface area contributed by atoms with Crippen molar-refractivity contribution in [3.8, 4) is 11.8 Å². The smallest absolute Gasteiger partial charge is 0.184 e. The Morgan fingerprint density at radius 3 is 2.58 bits per heavy atom. The second-order valence-corrected chi connectivity index (χ2v) is 9.72. The lowest BCUT2D eigenvalue weighted by Crippen LogP contribution is -2.07. The van der Waals surface area contributed by atoms with Gasteiger partial charge >= 0.3 is 0 Å². The van der Waals surface area contributed by atoms with Gasteiger partial charge in [-0.1, -0.05) is 0 Å². The minimum absolute atomic E-state index is 0.0806. The molecular formula is C23H22FN7O4S. The maximum absolute atomic E-state index is 13.8. The van der Waals surface area contributed by atoms with Crippen LogP contribution in [-0.2, 0) is 14.6 Å². The van der Waals surface area contributed by atoms with Gasteiger partial charge in [-0.05, 0) is 37.3 Å². The standard InChI is InChI=1S/C23H22FN7O4S/c1-13-26-22-16(28-15-5-4-14(24)10-19(15)36(3,32)33)11-21(31-23(22)27-13)30-20-7-6-18(17(12-25)29-20)35-9-8-34-2/h4-7,10-11H,8-9H2,1-3H3,(H3,26,27,28,29,30,31). The van der Waals surface area contributed by atoms with Crippen molar-refractivity contribution in [2.45, 2.75) is 11.8 Å². The minimum atomic E-state index is -3.73. The number of hydrogen-bond donors (Lipinski definition) is 3. The van der Waals surface area contributed by atoms with Gasteiger partial charge < -0.3 is 25.1 Å². The van der Waals surface area contributed by atoms with Crippen molar-refractivity contribution in [2.75, 3.05) is 37.2 Å². The summed E-state index contributed by atoms with van der Waals surface area (Å²) >= 11 is 0. The molecule has 13 heteroatoms. The maximum Gasteiger partial charge on any atom is 0.184 e. The van der Waals surface area contributed by atoms with Crippen LogP contribution in [0.5, 0.6) is 5.75 Å². The fourth-order valence-electron chi connectivity index (χ4n) is 3.40. The molecule has 0 amide bonds. The Morgan fingerprint density at radius 1 is 1.06 bits per heavy atom. The number of pyridine rings is 2. The number of nitrogens with zero attached hydrogens (tertiary/aromatic N) is 4. The number of aryl methyl sites for hydroxylation is 1. The molecule has 0 saturated carbocycles. The zero-order chi connectivity index (χ0) is 25.9. The molecule has 0 bridgehead atoms. The number of ether oxygens (including phenoxy) is 2. The molecular weight excluding hydrogens is 489 g/mol. The molecule has 3 N–H and O–H groups in total. The van der Waals surface area contributed by atoms with Crippen molar-refractivity contribution >= 4 is 44.0 Å². The van der Waals surface area contributed by atoms with Crippen molar-refractivity contribution in [2.24, 2.45) is 0 Å². The first-order chi connectivity index (χ1) is 17.2. The highest BCUT2D eigenvalue weighted by atomic mass is 32.2. The van der Waals surface area contributed by atoms with Crippen molar-refractivity contribution < 1.29 is 22.3 Å². The maximum atomic E-state index is 13.8. The van der Waals surface area contributed by atoms with Gasteiger partial charge in [-0.15, -0.1) is 0 Å². The van der Waals surface area contributed by atoms with Crippen LogP contribution < -0.4 is 15.4 Å². The number of rotatable bonds is 9. The molecule has 0 saturated heterocycles. The van der Waals surface area contributed by atoms with Crippen LogP contribution in [0.2, 0.25) is 0 Å². The number of imidazole rings is 1. The average Bonchev–Trinajstić information content (AvgIpc) is 3.20. The Hall–Kier alpha value is -4.28. The van der Waals surface area contributed by atoms with E-state index in [4.69, 9.17) is 9.47 Å². The molecule has 0 aliphatic rings. The molecule has 0 aliphatic carbocycles. The summed E-state index contributed by atoms with van der Waals surface area (Å²) in [7, 11) is -2.18. The van der Waals surface area contributed by atoms with Crippen LogP contribution in [0.25, 0.3) is 11.2 Å². The topological polar surface area (TPSA) is 155 Å². The van der Waals surface area contributed by atoms with Crippen molar-refractivity contribution in [3.63, 3.8) is 0 Å². The van der Waals surface area contributed by atoms with Gasteiger partial charge in [0.25, 0.3) is 0 Å². The molecule has 4 rings (SSSR count). The molecule has 3 aromatic heterocycles. The second-order valence-electron chi connectivity index (χ2n) is 7.73. The number of methoxy groups -OCH3 is 1.